The Kier molecular flexibility index (Phi) is 3.63. The first-order valence-corrected chi connectivity index (χ1v) is 8.68. The maximum atomic E-state index is 12.7. The molecule has 0 saturated heterocycles. The maximum Gasteiger partial charge on any atom is 0.223 e. The van der Waals surface area contributed by atoms with E-state index < -0.39 is 0 Å². The van der Waals surface area contributed by atoms with Gasteiger partial charge in [0, 0.05) is 31.1 Å². The summed E-state index contributed by atoms with van der Waals surface area (Å²) in [5, 5.41) is 0. The van der Waals surface area contributed by atoms with Crippen LogP contribution < -0.4 is 0 Å². The molecule has 1 aliphatic carbocycles. The molecule has 124 valence electrons. The highest BCUT2D eigenvalue weighted by Crippen LogP contribution is 2.49. The second kappa shape index (κ2) is 5.69. The molecule has 3 heterocycles. The fourth-order valence-corrected chi connectivity index (χ4v) is 3.84. The van der Waals surface area contributed by atoms with Crippen LogP contribution in [0.1, 0.15) is 52.4 Å². The van der Waals surface area contributed by atoms with Gasteiger partial charge in [0.1, 0.15) is 0 Å². The van der Waals surface area contributed by atoms with Crippen LogP contribution in [-0.4, -0.2) is 20.8 Å². The van der Waals surface area contributed by atoms with Crippen molar-refractivity contribution >= 4 is 5.91 Å². The Morgan fingerprint density at radius 1 is 1.25 bits per heavy atom. The van der Waals surface area contributed by atoms with Crippen molar-refractivity contribution in [2.24, 2.45) is 5.92 Å². The number of fused-ring (bicyclic) bond motifs is 1. The lowest BCUT2D eigenvalue weighted by molar-refractivity contribution is -0.132. The van der Waals surface area contributed by atoms with E-state index in [0.717, 1.165) is 24.4 Å². The summed E-state index contributed by atoms with van der Waals surface area (Å²) in [5.74, 6) is 1.25. The zero-order valence-corrected chi connectivity index (χ0v) is 14.5. The second-order valence-electron chi connectivity index (χ2n) is 7.22. The van der Waals surface area contributed by atoms with E-state index >= 15 is 0 Å². The summed E-state index contributed by atoms with van der Waals surface area (Å²) in [7, 11) is 0. The number of aryl methyl sites for hydroxylation is 1. The van der Waals surface area contributed by atoms with Crippen LogP contribution in [0.4, 0.5) is 0 Å². The Morgan fingerprint density at radius 2 is 2.08 bits per heavy atom. The van der Waals surface area contributed by atoms with Crippen molar-refractivity contribution in [3.8, 4) is 0 Å². The molecule has 0 N–H and O–H groups in total. The number of pyridine rings is 2. The molecule has 4 rings (SSSR count). The van der Waals surface area contributed by atoms with Crippen LogP contribution in [0.15, 0.2) is 24.5 Å². The Morgan fingerprint density at radius 3 is 2.83 bits per heavy atom. The number of carbonyl (C=O) groups is 1. The third-order valence-corrected chi connectivity index (χ3v) is 5.72. The van der Waals surface area contributed by atoms with Crippen molar-refractivity contribution in [1.29, 1.82) is 0 Å². The van der Waals surface area contributed by atoms with Gasteiger partial charge in [0.2, 0.25) is 5.91 Å². The van der Waals surface area contributed by atoms with E-state index in [1.54, 1.807) is 6.20 Å². The molecule has 0 bridgehead atoms. The highest BCUT2D eigenvalue weighted by Gasteiger charge is 2.41. The second-order valence-corrected chi connectivity index (χ2v) is 7.22. The van der Waals surface area contributed by atoms with Gasteiger partial charge in [-0.2, -0.15) is 0 Å². The van der Waals surface area contributed by atoms with Gasteiger partial charge in [0.05, 0.1) is 12.2 Å². The van der Waals surface area contributed by atoms with Gasteiger partial charge in [-0.15, -0.1) is 0 Å². The van der Waals surface area contributed by atoms with Crippen molar-refractivity contribution in [3.05, 3.63) is 58.2 Å². The largest absolute Gasteiger partial charge is 0.332 e. The standard InChI is InChI=1S/C20H23N3O/c1-12-13(2)18-10-23(11-19(18)22-14(12)3)20(24)8-16-7-17(16)15-5-4-6-21-9-15/h4-6,9,16-17H,7-8,10-11H2,1-3H3. The molecule has 1 saturated carbocycles. The van der Waals surface area contributed by atoms with Gasteiger partial charge < -0.3 is 4.90 Å². The van der Waals surface area contributed by atoms with Crippen LogP contribution in [0.3, 0.4) is 0 Å². The molecule has 2 aliphatic rings. The first-order valence-electron chi connectivity index (χ1n) is 8.68. The van der Waals surface area contributed by atoms with Crippen molar-refractivity contribution < 1.29 is 4.79 Å². The fraction of sp³-hybridized carbons (Fsp3) is 0.450. The van der Waals surface area contributed by atoms with Crippen molar-refractivity contribution in [2.75, 3.05) is 0 Å². The Labute approximate surface area is 142 Å². The molecule has 2 aromatic rings. The average molecular weight is 321 g/mol. The third kappa shape index (κ3) is 2.60. The highest BCUT2D eigenvalue weighted by molar-refractivity contribution is 5.78. The minimum absolute atomic E-state index is 0.263. The molecule has 1 fully saturated rings. The van der Waals surface area contributed by atoms with Crippen molar-refractivity contribution in [2.45, 2.75) is 52.6 Å². The van der Waals surface area contributed by atoms with Crippen LogP contribution in [-0.2, 0) is 17.9 Å². The molecule has 2 aromatic heterocycles. The Bertz CT molecular complexity index is 800. The summed E-state index contributed by atoms with van der Waals surface area (Å²) in [6, 6.07) is 4.09. The summed E-state index contributed by atoms with van der Waals surface area (Å²) < 4.78 is 0. The minimum atomic E-state index is 0.263. The summed E-state index contributed by atoms with van der Waals surface area (Å²) in [6.45, 7) is 7.70. The molecule has 0 spiro atoms. The van der Waals surface area contributed by atoms with Crippen LogP contribution in [0.5, 0.6) is 0 Å². The van der Waals surface area contributed by atoms with Gasteiger partial charge >= 0.3 is 0 Å². The van der Waals surface area contributed by atoms with E-state index in [-0.39, 0.29) is 5.91 Å². The van der Waals surface area contributed by atoms with E-state index in [4.69, 9.17) is 4.98 Å². The normalized spacial score (nSPS) is 21.7. The lowest BCUT2D eigenvalue weighted by Gasteiger charge is -2.15. The molecule has 1 aliphatic heterocycles. The zero-order valence-electron chi connectivity index (χ0n) is 14.5. The fourth-order valence-electron chi connectivity index (χ4n) is 3.84. The number of amides is 1. The first-order chi connectivity index (χ1) is 11.5. The first kappa shape index (κ1) is 15.3. The highest BCUT2D eigenvalue weighted by atomic mass is 16.2. The summed E-state index contributed by atoms with van der Waals surface area (Å²) in [4.78, 5) is 23.6. The monoisotopic (exact) mass is 321 g/mol. The molecule has 4 nitrogen and oxygen atoms in total. The molecular formula is C20H23N3O. The molecule has 0 radical (unpaired) electrons. The van der Waals surface area contributed by atoms with E-state index in [9.17, 15) is 4.79 Å². The smallest absolute Gasteiger partial charge is 0.223 e. The minimum Gasteiger partial charge on any atom is -0.332 e. The quantitative estimate of drug-likeness (QED) is 0.870. The van der Waals surface area contributed by atoms with E-state index in [0.29, 0.717) is 24.8 Å². The third-order valence-electron chi connectivity index (χ3n) is 5.72. The predicted molar refractivity (Wildman–Crippen MR) is 92.4 cm³/mol. The van der Waals surface area contributed by atoms with Gasteiger partial charge in [-0.25, -0.2) is 0 Å². The van der Waals surface area contributed by atoms with Gasteiger partial charge in [0.15, 0.2) is 0 Å². The van der Waals surface area contributed by atoms with Crippen molar-refractivity contribution in [1.82, 2.24) is 14.9 Å². The molecule has 24 heavy (non-hydrogen) atoms. The molecular weight excluding hydrogens is 298 g/mol. The SMILES string of the molecule is Cc1nc2c(c(C)c1C)CN(C(=O)CC1CC1c1cccnc1)C2. The number of hydrogen-bond acceptors (Lipinski definition) is 3. The molecule has 4 heteroatoms. The van der Waals surface area contributed by atoms with Crippen molar-refractivity contribution in [3.63, 3.8) is 0 Å². The van der Waals surface area contributed by atoms with E-state index in [1.807, 2.05) is 17.2 Å². The summed E-state index contributed by atoms with van der Waals surface area (Å²) in [6.07, 6.45) is 5.48. The molecule has 1 amide bonds. The number of aromatic nitrogens is 2. The Balaban J connectivity index is 1.42. The average Bonchev–Trinajstić information content (AvgIpc) is 3.22. The molecule has 2 unspecified atom stereocenters. The number of nitrogens with zero attached hydrogens (tertiary/aromatic N) is 3. The van der Waals surface area contributed by atoms with E-state index in [2.05, 4.69) is 31.8 Å². The van der Waals surface area contributed by atoms with E-state index in [1.165, 1.54) is 22.3 Å². The van der Waals surface area contributed by atoms with Gasteiger partial charge in [-0.3, -0.25) is 14.8 Å². The van der Waals surface area contributed by atoms with Crippen LogP contribution in [0.25, 0.3) is 0 Å². The molecule has 2 atom stereocenters. The van der Waals surface area contributed by atoms with Gasteiger partial charge in [-0.1, -0.05) is 6.07 Å². The number of rotatable bonds is 3. The maximum absolute atomic E-state index is 12.7. The lowest BCUT2D eigenvalue weighted by atomic mass is 10.0. The summed E-state index contributed by atoms with van der Waals surface area (Å²) in [5.41, 5.74) is 7.24. The topological polar surface area (TPSA) is 46.1 Å². The lowest BCUT2D eigenvalue weighted by Crippen LogP contribution is -2.25. The predicted octanol–water partition coefficient (Wildman–Crippen LogP) is 3.44. The van der Waals surface area contributed by atoms with Crippen LogP contribution in [0, 0.1) is 26.7 Å². The zero-order chi connectivity index (χ0) is 16.8. The number of hydrogen-bond donors (Lipinski definition) is 0. The van der Waals surface area contributed by atoms with Crippen LogP contribution >= 0.6 is 0 Å². The summed E-state index contributed by atoms with van der Waals surface area (Å²) >= 11 is 0. The number of carbonyl (C=O) groups excluding carboxylic acids is 1. The van der Waals surface area contributed by atoms with Crippen LogP contribution in [0.2, 0.25) is 0 Å². The van der Waals surface area contributed by atoms with Gasteiger partial charge in [-0.05, 0) is 67.3 Å². The Hall–Kier alpha value is -2.23. The van der Waals surface area contributed by atoms with Gasteiger partial charge in [0.25, 0.3) is 0 Å². The molecule has 0 aromatic carbocycles.